The lowest BCUT2D eigenvalue weighted by molar-refractivity contribution is -0.132. The predicted molar refractivity (Wildman–Crippen MR) is 75.4 cm³/mol. The Morgan fingerprint density at radius 1 is 1.47 bits per heavy atom. The van der Waals surface area contributed by atoms with Gasteiger partial charge >= 0.3 is 0 Å². The van der Waals surface area contributed by atoms with E-state index in [2.05, 4.69) is 0 Å². The highest BCUT2D eigenvalue weighted by Gasteiger charge is 2.19. The quantitative estimate of drug-likeness (QED) is 0.922. The second kappa shape index (κ2) is 6.26. The third-order valence-corrected chi connectivity index (χ3v) is 3.51. The number of ether oxygens (including phenoxy) is 1. The van der Waals surface area contributed by atoms with Gasteiger partial charge in [0.2, 0.25) is 0 Å². The minimum atomic E-state index is -0.185. The summed E-state index contributed by atoms with van der Waals surface area (Å²) in [5, 5.41) is 0.616. The summed E-state index contributed by atoms with van der Waals surface area (Å²) < 4.78 is 5.60. The SMILES string of the molecule is CC(N)c1cc(Cl)ccc1OCC(=O)N1CCCC1. The van der Waals surface area contributed by atoms with Gasteiger partial charge in [0.25, 0.3) is 5.91 Å². The van der Waals surface area contributed by atoms with Crippen molar-refractivity contribution in [1.82, 2.24) is 4.90 Å². The van der Waals surface area contributed by atoms with Crippen molar-refractivity contribution in [2.45, 2.75) is 25.8 Å². The van der Waals surface area contributed by atoms with Crippen LogP contribution in [-0.2, 0) is 4.79 Å². The molecule has 4 nitrogen and oxygen atoms in total. The molecule has 2 rings (SSSR count). The van der Waals surface area contributed by atoms with E-state index in [1.165, 1.54) is 0 Å². The summed E-state index contributed by atoms with van der Waals surface area (Å²) in [6.07, 6.45) is 2.16. The van der Waals surface area contributed by atoms with E-state index < -0.39 is 0 Å². The van der Waals surface area contributed by atoms with Crippen molar-refractivity contribution in [3.8, 4) is 5.75 Å². The van der Waals surface area contributed by atoms with Gasteiger partial charge in [-0.15, -0.1) is 0 Å². The second-order valence-corrected chi connectivity index (χ2v) is 5.28. The Hall–Kier alpha value is -1.26. The van der Waals surface area contributed by atoms with Crippen LogP contribution in [0.1, 0.15) is 31.4 Å². The van der Waals surface area contributed by atoms with Crippen molar-refractivity contribution >= 4 is 17.5 Å². The minimum Gasteiger partial charge on any atom is -0.483 e. The van der Waals surface area contributed by atoms with Crippen LogP contribution in [0, 0.1) is 0 Å². The van der Waals surface area contributed by atoms with E-state index in [4.69, 9.17) is 22.1 Å². The van der Waals surface area contributed by atoms with Crippen LogP contribution in [0.25, 0.3) is 0 Å². The molecular weight excluding hydrogens is 264 g/mol. The number of hydrogen-bond acceptors (Lipinski definition) is 3. The van der Waals surface area contributed by atoms with E-state index in [1.807, 2.05) is 11.8 Å². The van der Waals surface area contributed by atoms with Gasteiger partial charge in [0.15, 0.2) is 6.61 Å². The molecule has 1 aromatic rings. The van der Waals surface area contributed by atoms with Gasteiger partial charge in [-0.2, -0.15) is 0 Å². The largest absolute Gasteiger partial charge is 0.483 e. The first-order chi connectivity index (χ1) is 9.08. The van der Waals surface area contributed by atoms with Crippen LogP contribution < -0.4 is 10.5 Å². The predicted octanol–water partition coefficient (Wildman–Crippen LogP) is 2.36. The highest BCUT2D eigenvalue weighted by Crippen LogP contribution is 2.27. The van der Waals surface area contributed by atoms with Gasteiger partial charge in [0.05, 0.1) is 0 Å². The molecule has 0 spiro atoms. The maximum absolute atomic E-state index is 11.9. The molecule has 1 heterocycles. The number of carbonyl (C=O) groups excluding carboxylic acids is 1. The zero-order valence-electron chi connectivity index (χ0n) is 11.1. The Kier molecular flexibility index (Phi) is 4.66. The van der Waals surface area contributed by atoms with Crippen LogP contribution >= 0.6 is 11.6 Å². The summed E-state index contributed by atoms with van der Waals surface area (Å²) in [5.74, 6) is 0.662. The molecule has 0 radical (unpaired) electrons. The fourth-order valence-electron chi connectivity index (χ4n) is 2.20. The number of nitrogens with two attached hydrogens (primary N) is 1. The zero-order valence-corrected chi connectivity index (χ0v) is 11.8. The summed E-state index contributed by atoms with van der Waals surface area (Å²) >= 11 is 5.94. The third kappa shape index (κ3) is 3.61. The Balaban J connectivity index is 2.00. The molecule has 2 N–H and O–H groups in total. The van der Waals surface area contributed by atoms with E-state index in [-0.39, 0.29) is 18.6 Å². The molecule has 1 amide bonds. The molecule has 0 aliphatic carbocycles. The molecule has 1 unspecified atom stereocenters. The van der Waals surface area contributed by atoms with Crippen molar-refractivity contribution in [1.29, 1.82) is 0 Å². The maximum atomic E-state index is 11.9. The van der Waals surface area contributed by atoms with Crippen LogP contribution in [-0.4, -0.2) is 30.5 Å². The van der Waals surface area contributed by atoms with Crippen LogP contribution in [0.2, 0.25) is 5.02 Å². The molecule has 19 heavy (non-hydrogen) atoms. The number of halogens is 1. The number of amides is 1. The molecule has 104 valence electrons. The summed E-state index contributed by atoms with van der Waals surface area (Å²) in [6.45, 7) is 3.59. The first-order valence-electron chi connectivity index (χ1n) is 6.53. The molecule has 0 saturated carbocycles. The second-order valence-electron chi connectivity index (χ2n) is 4.85. The number of hydrogen-bond donors (Lipinski definition) is 1. The van der Waals surface area contributed by atoms with E-state index >= 15 is 0 Å². The van der Waals surface area contributed by atoms with Gasteiger partial charge in [-0.3, -0.25) is 4.79 Å². The summed E-state index contributed by atoms with van der Waals surface area (Å²) in [7, 11) is 0. The Morgan fingerprint density at radius 3 is 2.79 bits per heavy atom. The lowest BCUT2D eigenvalue weighted by Gasteiger charge is -2.18. The fraction of sp³-hybridized carbons (Fsp3) is 0.500. The Morgan fingerprint density at radius 2 is 2.16 bits per heavy atom. The average molecular weight is 283 g/mol. The molecule has 1 aliphatic heterocycles. The fourth-order valence-corrected chi connectivity index (χ4v) is 2.38. The molecule has 0 aromatic heterocycles. The maximum Gasteiger partial charge on any atom is 0.260 e. The standard InChI is InChI=1S/C14H19ClN2O2/c1-10(16)12-8-11(15)4-5-13(12)19-9-14(18)17-6-2-3-7-17/h4-5,8,10H,2-3,6-7,9,16H2,1H3. The summed E-state index contributed by atoms with van der Waals surface area (Å²) in [4.78, 5) is 13.7. The first kappa shape index (κ1) is 14.2. The van der Waals surface area contributed by atoms with Crippen LogP contribution in [0.3, 0.4) is 0 Å². The monoisotopic (exact) mass is 282 g/mol. The molecule has 1 saturated heterocycles. The van der Waals surface area contributed by atoms with Gasteiger partial charge in [-0.25, -0.2) is 0 Å². The van der Waals surface area contributed by atoms with E-state index in [0.29, 0.717) is 10.8 Å². The molecule has 1 atom stereocenters. The van der Waals surface area contributed by atoms with Crippen molar-refractivity contribution in [2.24, 2.45) is 5.73 Å². The number of carbonyl (C=O) groups is 1. The van der Waals surface area contributed by atoms with Crippen molar-refractivity contribution in [3.05, 3.63) is 28.8 Å². The van der Waals surface area contributed by atoms with E-state index in [0.717, 1.165) is 31.5 Å². The van der Waals surface area contributed by atoms with Gasteiger partial charge in [0, 0.05) is 29.7 Å². The topological polar surface area (TPSA) is 55.6 Å². The van der Waals surface area contributed by atoms with Crippen molar-refractivity contribution in [3.63, 3.8) is 0 Å². The minimum absolute atomic E-state index is 0.0306. The molecule has 1 aliphatic rings. The lowest BCUT2D eigenvalue weighted by atomic mass is 10.1. The normalized spacial score (nSPS) is 16.5. The average Bonchev–Trinajstić information content (AvgIpc) is 2.90. The van der Waals surface area contributed by atoms with Crippen LogP contribution in [0.15, 0.2) is 18.2 Å². The zero-order chi connectivity index (χ0) is 13.8. The van der Waals surface area contributed by atoms with Gasteiger partial charge < -0.3 is 15.4 Å². The lowest BCUT2D eigenvalue weighted by Crippen LogP contribution is -2.32. The number of nitrogens with zero attached hydrogens (tertiary/aromatic N) is 1. The molecule has 1 fully saturated rings. The number of rotatable bonds is 4. The van der Waals surface area contributed by atoms with E-state index in [9.17, 15) is 4.79 Å². The Labute approximate surface area is 118 Å². The number of benzene rings is 1. The Bertz CT molecular complexity index is 457. The van der Waals surface area contributed by atoms with Gasteiger partial charge in [-0.05, 0) is 38.0 Å². The summed E-state index contributed by atoms with van der Waals surface area (Å²) in [5.41, 5.74) is 6.70. The summed E-state index contributed by atoms with van der Waals surface area (Å²) in [6, 6.07) is 5.10. The third-order valence-electron chi connectivity index (χ3n) is 3.27. The highest BCUT2D eigenvalue weighted by atomic mass is 35.5. The van der Waals surface area contributed by atoms with E-state index in [1.54, 1.807) is 18.2 Å². The number of likely N-dealkylation sites (tertiary alicyclic amines) is 1. The van der Waals surface area contributed by atoms with Crippen molar-refractivity contribution in [2.75, 3.05) is 19.7 Å². The van der Waals surface area contributed by atoms with Crippen LogP contribution in [0.4, 0.5) is 0 Å². The molecule has 5 heteroatoms. The van der Waals surface area contributed by atoms with Gasteiger partial charge in [-0.1, -0.05) is 11.6 Å². The smallest absolute Gasteiger partial charge is 0.260 e. The highest BCUT2D eigenvalue weighted by molar-refractivity contribution is 6.30. The molecule has 1 aromatic carbocycles. The molecular formula is C14H19ClN2O2. The van der Waals surface area contributed by atoms with Crippen molar-refractivity contribution < 1.29 is 9.53 Å². The van der Waals surface area contributed by atoms with Gasteiger partial charge in [0.1, 0.15) is 5.75 Å². The first-order valence-corrected chi connectivity index (χ1v) is 6.91. The molecule has 0 bridgehead atoms. The van der Waals surface area contributed by atoms with Crippen LogP contribution in [0.5, 0.6) is 5.75 Å².